The van der Waals surface area contributed by atoms with E-state index in [2.05, 4.69) is 6.58 Å². The Hall–Kier alpha value is -0.870. The summed E-state index contributed by atoms with van der Waals surface area (Å²) in [5.74, 6) is -1.03. The zero-order valence-electron chi connectivity index (χ0n) is 11.3. The van der Waals surface area contributed by atoms with Gasteiger partial charge in [-0.05, 0) is 34.1 Å². The van der Waals surface area contributed by atoms with Gasteiger partial charge in [0.2, 0.25) is 0 Å². The molecule has 4 nitrogen and oxygen atoms in total. The van der Waals surface area contributed by atoms with Crippen LogP contribution in [0.2, 0.25) is 0 Å². The highest BCUT2D eigenvalue weighted by Gasteiger charge is 2.47. The Balaban J connectivity index is 2.83. The minimum absolute atomic E-state index is 0.209. The van der Waals surface area contributed by atoms with Crippen LogP contribution in [0.15, 0.2) is 12.2 Å². The summed E-state index contributed by atoms with van der Waals surface area (Å²) < 4.78 is 16.8. The topological polar surface area (TPSA) is 44.8 Å². The highest BCUT2D eigenvalue weighted by atomic mass is 16.7. The molecule has 1 fully saturated rings. The molecule has 0 radical (unpaired) electrons. The van der Waals surface area contributed by atoms with E-state index in [1.54, 1.807) is 6.92 Å². The normalized spacial score (nSPS) is 31.9. The zero-order valence-corrected chi connectivity index (χ0v) is 11.3. The summed E-state index contributed by atoms with van der Waals surface area (Å²) in [5.41, 5.74) is -0.333. The van der Waals surface area contributed by atoms with Gasteiger partial charge >= 0.3 is 5.97 Å². The fraction of sp³-hybridized carbons (Fsp3) is 0.769. The molecule has 0 aromatic carbocycles. The Morgan fingerprint density at radius 3 is 2.53 bits per heavy atom. The van der Waals surface area contributed by atoms with Crippen molar-refractivity contribution in [2.45, 2.75) is 58.5 Å². The fourth-order valence-electron chi connectivity index (χ4n) is 1.83. The minimum Gasteiger partial charge on any atom is -0.450 e. The van der Waals surface area contributed by atoms with Crippen LogP contribution in [-0.4, -0.2) is 30.1 Å². The molecule has 2 unspecified atom stereocenters. The molecule has 0 N–H and O–H groups in total. The van der Waals surface area contributed by atoms with Crippen molar-refractivity contribution in [1.29, 1.82) is 0 Å². The van der Waals surface area contributed by atoms with E-state index in [9.17, 15) is 4.79 Å². The average Bonchev–Trinajstić information content (AvgIpc) is 2.21. The molecular weight excluding hydrogens is 220 g/mol. The molecule has 1 aliphatic heterocycles. The Morgan fingerprint density at radius 1 is 1.53 bits per heavy atom. The fourth-order valence-corrected chi connectivity index (χ4v) is 1.83. The van der Waals surface area contributed by atoms with Crippen LogP contribution < -0.4 is 0 Å². The highest BCUT2D eigenvalue weighted by molar-refractivity contribution is 5.87. The van der Waals surface area contributed by atoms with Gasteiger partial charge in [-0.2, -0.15) is 0 Å². The predicted molar refractivity (Wildman–Crippen MR) is 64.5 cm³/mol. The average molecular weight is 242 g/mol. The maximum absolute atomic E-state index is 11.6. The molecule has 1 rings (SSSR count). The molecule has 0 spiro atoms. The van der Waals surface area contributed by atoms with E-state index in [1.807, 2.05) is 27.7 Å². The maximum atomic E-state index is 11.6. The Kier molecular flexibility index (Phi) is 3.99. The van der Waals surface area contributed by atoms with Crippen LogP contribution in [0.1, 0.15) is 41.0 Å². The van der Waals surface area contributed by atoms with Crippen molar-refractivity contribution >= 4 is 5.97 Å². The molecule has 0 saturated carbocycles. The van der Waals surface area contributed by atoms with Gasteiger partial charge in [0.1, 0.15) is 6.10 Å². The molecule has 17 heavy (non-hydrogen) atoms. The lowest BCUT2D eigenvalue weighted by Crippen LogP contribution is -2.58. The molecular formula is C13H22O4. The summed E-state index contributed by atoms with van der Waals surface area (Å²) in [4.78, 5) is 11.6. The first-order valence-electron chi connectivity index (χ1n) is 5.93. The van der Waals surface area contributed by atoms with Crippen LogP contribution >= 0.6 is 0 Å². The minimum atomic E-state index is -0.717. The molecule has 1 heterocycles. The SMILES string of the molecule is C=C(C)C(=O)OC1(CC)COC(C)(C)OC1C. The van der Waals surface area contributed by atoms with Gasteiger partial charge in [0.25, 0.3) is 0 Å². The number of hydrogen-bond acceptors (Lipinski definition) is 4. The standard InChI is InChI=1S/C13H22O4/c1-7-13(17-11(14)9(2)3)8-15-12(5,6)16-10(13)4/h10H,2,7-8H2,1,3-6H3. The van der Waals surface area contributed by atoms with Crippen LogP contribution in [0, 0.1) is 0 Å². The van der Waals surface area contributed by atoms with Gasteiger partial charge < -0.3 is 14.2 Å². The number of hydrogen-bond donors (Lipinski definition) is 0. The summed E-state index contributed by atoms with van der Waals surface area (Å²) in [6.45, 7) is 13.1. The van der Waals surface area contributed by atoms with Crippen molar-refractivity contribution in [1.82, 2.24) is 0 Å². The smallest absolute Gasteiger partial charge is 0.333 e. The number of carbonyl (C=O) groups is 1. The van der Waals surface area contributed by atoms with Gasteiger partial charge in [-0.25, -0.2) is 4.79 Å². The lowest BCUT2D eigenvalue weighted by molar-refractivity contribution is -0.331. The number of ether oxygens (including phenoxy) is 3. The van der Waals surface area contributed by atoms with Crippen molar-refractivity contribution in [3.63, 3.8) is 0 Å². The van der Waals surface area contributed by atoms with Crippen LogP contribution in [0.4, 0.5) is 0 Å². The molecule has 1 aliphatic rings. The van der Waals surface area contributed by atoms with Crippen molar-refractivity contribution in [3.05, 3.63) is 12.2 Å². The predicted octanol–water partition coefficient (Wildman–Crippen LogP) is 2.43. The summed E-state index contributed by atoms with van der Waals surface area (Å²) in [6.07, 6.45) is 0.433. The Labute approximate surface area is 103 Å². The molecule has 0 aliphatic carbocycles. The van der Waals surface area contributed by atoms with Crippen molar-refractivity contribution in [2.24, 2.45) is 0 Å². The third kappa shape index (κ3) is 3.07. The zero-order chi connectivity index (χ0) is 13.3. The van der Waals surface area contributed by atoms with Gasteiger partial charge in [0, 0.05) is 5.57 Å². The first-order valence-corrected chi connectivity index (χ1v) is 5.93. The van der Waals surface area contributed by atoms with Crippen LogP contribution in [-0.2, 0) is 19.0 Å². The van der Waals surface area contributed by atoms with E-state index in [0.29, 0.717) is 18.6 Å². The van der Waals surface area contributed by atoms with Gasteiger partial charge in [-0.1, -0.05) is 13.5 Å². The summed E-state index contributed by atoms with van der Waals surface area (Å²) >= 11 is 0. The molecule has 0 aromatic rings. The molecule has 98 valence electrons. The maximum Gasteiger partial charge on any atom is 0.333 e. The van der Waals surface area contributed by atoms with E-state index in [-0.39, 0.29) is 6.10 Å². The Morgan fingerprint density at radius 2 is 2.12 bits per heavy atom. The molecule has 0 bridgehead atoms. The molecule has 2 atom stereocenters. The first kappa shape index (κ1) is 14.2. The lowest BCUT2D eigenvalue weighted by Gasteiger charge is -2.46. The van der Waals surface area contributed by atoms with Crippen molar-refractivity contribution in [2.75, 3.05) is 6.61 Å². The van der Waals surface area contributed by atoms with Gasteiger partial charge in [-0.3, -0.25) is 0 Å². The summed E-state index contributed by atoms with van der Waals surface area (Å²) in [5, 5.41) is 0. The number of carbonyl (C=O) groups excluding carboxylic acids is 1. The third-order valence-corrected chi connectivity index (χ3v) is 3.11. The Bertz CT molecular complexity index is 321. The quantitative estimate of drug-likeness (QED) is 0.563. The number of esters is 1. The molecule has 0 amide bonds. The van der Waals surface area contributed by atoms with Crippen LogP contribution in [0.5, 0.6) is 0 Å². The number of rotatable bonds is 3. The van der Waals surface area contributed by atoms with E-state index in [0.717, 1.165) is 0 Å². The van der Waals surface area contributed by atoms with Crippen molar-refractivity contribution in [3.8, 4) is 0 Å². The van der Waals surface area contributed by atoms with E-state index < -0.39 is 17.4 Å². The van der Waals surface area contributed by atoms with Gasteiger partial charge in [-0.15, -0.1) is 0 Å². The molecule has 0 aromatic heterocycles. The van der Waals surface area contributed by atoms with Gasteiger partial charge in [0.05, 0.1) is 6.61 Å². The first-order chi connectivity index (χ1) is 7.72. The summed E-state index contributed by atoms with van der Waals surface area (Å²) in [6, 6.07) is 0. The monoisotopic (exact) mass is 242 g/mol. The highest BCUT2D eigenvalue weighted by Crippen LogP contribution is 2.34. The lowest BCUT2D eigenvalue weighted by atomic mass is 9.93. The van der Waals surface area contributed by atoms with Crippen molar-refractivity contribution < 1.29 is 19.0 Å². The molecule has 1 saturated heterocycles. The second kappa shape index (κ2) is 4.78. The van der Waals surface area contributed by atoms with E-state index in [1.165, 1.54) is 0 Å². The summed E-state index contributed by atoms with van der Waals surface area (Å²) in [7, 11) is 0. The van der Waals surface area contributed by atoms with Crippen LogP contribution in [0.25, 0.3) is 0 Å². The second-order valence-electron chi connectivity index (χ2n) is 5.04. The molecule has 4 heteroatoms. The van der Waals surface area contributed by atoms with Crippen LogP contribution in [0.3, 0.4) is 0 Å². The second-order valence-corrected chi connectivity index (χ2v) is 5.04. The van der Waals surface area contributed by atoms with Gasteiger partial charge in [0.15, 0.2) is 11.4 Å². The third-order valence-electron chi connectivity index (χ3n) is 3.11. The van der Waals surface area contributed by atoms with E-state index >= 15 is 0 Å². The largest absolute Gasteiger partial charge is 0.450 e. The van der Waals surface area contributed by atoms with E-state index in [4.69, 9.17) is 14.2 Å².